The zero-order valence-electron chi connectivity index (χ0n) is 17.0. The average Bonchev–Trinajstić information content (AvgIpc) is 3.15. The van der Waals surface area contributed by atoms with Crippen molar-refractivity contribution < 1.29 is 9.59 Å². The Morgan fingerprint density at radius 3 is 2.50 bits per heavy atom. The molecule has 148 valence electrons. The lowest BCUT2D eigenvalue weighted by Gasteiger charge is -2.33. The molecule has 0 bridgehead atoms. The molecule has 0 N–H and O–H groups in total. The molecule has 1 saturated heterocycles. The minimum Gasteiger partial charge on any atom is -0.343 e. The summed E-state index contributed by atoms with van der Waals surface area (Å²) in [7, 11) is 0. The van der Waals surface area contributed by atoms with Gasteiger partial charge in [-0.3, -0.25) is 14.6 Å². The molecule has 2 aromatic rings. The molecule has 1 aliphatic rings. The van der Waals surface area contributed by atoms with Gasteiger partial charge in [0.05, 0.1) is 5.41 Å². The van der Waals surface area contributed by atoms with Crippen molar-refractivity contribution in [3.8, 4) is 11.1 Å². The van der Waals surface area contributed by atoms with Gasteiger partial charge in [-0.1, -0.05) is 30.3 Å². The molecule has 0 unspecified atom stereocenters. The number of hydrogen-bond donors (Lipinski definition) is 0. The van der Waals surface area contributed by atoms with Crippen LogP contribution >= 0.6 is 0 Å². The van der Waals surface area contributed by atoms with Gasteiger partial charge in [-0.15, -0.1) is 0 Å². The van der Waals surface area contributed by atoms with Crippen LogP contribution in [0.3, 0.4) is 0 Å². The van der Waals surface area contributed by atoms with Crippen LogP contribution in [0, 0.1) is 5.41 Å². The molecule has 2 heterocycles. The molecule has 3 rings (SSSR count). The third-order valence-corrected chi connectivity index (χ3v) is 5.77. The Morgan fingerprint density at radius 1 is 1.14 bits per heavy atom. The highest BCUT2D eigenvalue weighted by atomic mass is 16.2. The lowest BCUT2D eigenvalue weighted by molar-refractivity contribution is -0.141. The minimum absolute atomic E-state index is 0.0401. The van der Waals surface area contributed by atoms with Crippen LogP contribution in [-0.2, 0) is 16.0 Å². The van der Waals surface area contributed by atoms with Gasteiger partial charge < -0.3 is 9.80 Å². The van der Waals surface area contributed by atoms with E-state index >= 15 is 0 Å². The van der Waals surface area contributed by atoms with E-state index in [1.807, 2.05) is 48.0 Å². The van der Waals surface area contributed by atoms with Gasteiger partial charge >= 0.3 is 0 Å². The Balaban J connectivity index is 1.92. The Kier molecular flexibility index (Phi) is 6.12. The zero-order chi connectivity index (χ0) is 20.1. The number of carbonyl (C=O) groups excluding carboxylic acids is 2. The Bertz CT molecular complexity index is 833. The van der Waals surface area contributed by atoms with Crippen molar-refractivity contribution in [2.45, 2.75) is 33.6 Å². The van der Waals surface area contributed by atoms with Crippen molar-refractivity contribution in [3.05, 3.63) is 54.4 Å². The van der Waals surface area contributed by atoms with Crippen molar-refractivity contribution in [3.63, 3.8) is 0 Å². The zero-order valence-corrected chi connectivity index (χ0v) is 17.0. The molecule has 0 aliphatic carbocycles. The Morgan fingerprint density at radius 2 is 1.89 bits per heavy atom. The van der Waals surface area contributed by atoms with Crippen LogP contribution in [0.15, 0.2) is 48.8 Å². The van der Waals surface area contributed by atoms with E-state index < -0.39 is 5.41 Å². The monoisotopic (exact) mass is 379 g/mol. The quantitative estimate of drug-likeness (QED) is 0.773. The number of nitrogens with zero attached hydrogens (tertiary/aromatic N) is 3. The van der Waals surface area contributed by atoms with Gasteiger partial charge in [-0.05, 0) is 49.4 Å². The van der Waals surface area contributed by atoms with Gasteiger partial charge in [0.15, 0.2) is 0 Å². The van der Waals surface area contributed by atoms with Gasteiger partial charge in [-0.2, -0.15) is 0 Å². The molecule has 1 aromatic heterocycles. The van der Waals surface area contributed by atoms with E-state index in [1.165, 1.54) is 0 Å². The van der Waals surface area contributed by atoms with Crippen LogP contribution in [0.25, 0.3) is 11.1 Å². The second-order valence-corrected chi connectivity index (χ2v) is 7.57. The number of carbonyl (C=O) groups is 2. The van der Waals surface area contributed by atoms with E-state index in [0.29, 0.717) is 39.0 Å². The van der Waals surface area contributed by atoms with Gasteiger partial charge in [0.2, 0.25) is 11.8 Å². The molecule has 0 radical (unpaired) electrons. The summed E-state index contributed by atoms with van der Waals surface area (Å²) in [5.74, 6) is 0.200. The fourth-order valence-corrected chi connectivity index (χ4v) is 4.17. The predicted octanol–water partition coefficient (Wildman–Crippen LogP) is 3.40. The summed E-state index contributed by atoms with van der Waals surface area (Å²) >= 11 is 0. The van der Waals surface area contributed by atoms with Gasteiger partial charge in [0.1, 0.15) is 0 Å². The molecule has 0 saturated carbocycles. The molecule has 0 spiro atoms. The number of likely N-dealkylation sites (tertiary alicyclic amines) is 1. The number of aromatic nitrogens is 1. The first-order chi connectivity index (χ1) is 13.5. The van der Waals surface area contributed by atoms with Crippen molar-refractivity contribution in [1.82, 2.24) is 14.8 Å². The number of pyridine rings is 1. The lowest BCUT2D eigenvalue weighted by Crippen LogP contribution is -2.47. The summed E-state index contributed by atoms with van der Waals surface area (Å²) in [5.41, 5.74) is 2.72. The highest BCUT2D eigenvalue weighted by molar-refractivity contribution is 5.85. The van der Waals surface area contributed by atoms with Crippen LogP contribution in [0.2, 0.25) is 0 Å². The van der Waals surface area contributed by atoms with Crippen LogP contribution in [-0.4, -0.2) is 52.8 Å². The average molecular weight is 380 g/mol. The normalized spacial score (nSPS) is 18.9. The number of amides is 2. The first-order valence-corrected chi connectivity index (χ1v) is 10.0. The predicted molar refractivity (Wildman–Crippen MR) is 111 cm³/mol. The third-order valence-electron chi connectivity index (χ3n) is 5.77. The topological polar surface area (TPSA) is 53.5 Å². The molecule has 1 fully saturated rings. The fourth-order valence-electron chi connectivity index (χ4n) is 4.17. The smallest absolute Gasteiger partial charge is 0.230 e. The van der Waals surface area contributed by atoms with Crippen molar-refractivity contribution >= 4 is 11.8 Å². The molecule has 1 aliphatic heterocycles. The van der Waals surface area contributed by atoms with E-state index in [0.717, 1.165) is 16.7 Å². The molecule has 2 amide bonds. The van der Waals surface area contributed by atoms with E-state index in [4.69, 9.17) is 0 Å². The maximum atomic E-state index is 13.4. The summed E-state index contributed by atoms with van der Waals surface area (Å²) in [6.07, 6.45) is 4.96. The lowest BCUT2D eigenvalue weighted by atomic mass is 9.79. The Hall–Kier alpha value is -2.69. The van der Waals surface area contributed by atoms with Crippen LogP contribution in [0.1, 0.15) is 32.8 Å². The first kappa shape index (κ1) is 20.1. The molecule has 5 heteroatoms. The van der Waals surface area contributed by atoms with Crippen LogP contribution < -0.4 is 0 Å². The van der Waals surface area contributed by atoms with Gasteiger partial charge in [-0.25, -0.2) is 0 Å². The van der Waals surface area contributed by atoms with E-state index in [9.17, 15) is 9.59 Å². The summed E-state index contributed by atoms with van der Waals surface area (Å²) in [4.78, 5) is 33.3. The fraction of sp³-hybridized carbons (Fsp3) is 0.435. The van der Waals surface area contributed by atoms with Gasteiger partial charge in [0, 0.05) is 45.5 Å². The standard InChI is InChI=1S/C23H29N3O2/c1-4-25(5-2)22(28)23(11-13-26(17-23)18(3)27)15-19-8-6-9-20(14-19)21-10-7-12-24-16-21/h6-10,12,14,16H,4-5,11,13,15,17H2,1-3H3/t23-/m1/s1. The third kappa shape index (κ3) is 4.08. The molecule has 1 aromatic carbocycles. The maximum Gasteiger partial charge on any atom is 0.230 e. The van der Waals surface area contributed by atoms with Crippen molar-refractivity contribution in [2.75, 3.05) is 26.2 Å². The van der Waals surface area contributed by atoms with Crippen molar-refractivity contribution in [2.24, 2.45) is 5.41 Å². The molecular formula is C23H29N3O2. The molecule has 5 nitrogen and oxygen atoms in total. The second kappa shape index (κ2) is 8.55. The van der Waals surface area contributed by atoms with E-state index in [2.05, 4.69) is 23.2 Å². The van der Waals surface area contributed by atoms with Crippen LogP contribution in [0.4, 0.5) is 0 Å². The van der Waals surface area contributed by atoms with Crippen LogP contribution in [0.5, 0.6) is 0 Å². The minimum atomic E-state index is -0.550. The summed E-state index contributed by atoms with van der Waals surface area (Å²) < 4.78 is 0. The maximum absolute atomic E-state index is 13.4. The largest absolute Gasteiger partial charge is 0.343 e. The SMILES string of the molecule is CCN(CC)C(=O)[C@@]1(Cc2cccc(-c3cccnc3)c2)CCN(C(C)=O)C1. The second-order valence-electron chi connectivity index (χ2n) is 7.57. The van der Waals surface area contributed by atoms with E-state index in [-0.39, 0.29) is 11.8 Å². The highest BCUT2D eigenvalue weighted by Crippen LogP contribution is 2.37. The summed E-state index contributed by atoms with van der Waals surface area (Å²) in [5, 5.41) is 0. The number of rotatable bonds is 6. The molecule has 1 atom stereocenters. The highest BCUT2D eigenvalue weighted by Gasteiger charge is 2.46. The number of hydrogen-bond acceptors (Lipinski definition) is 3. The van der Waals surface area contributed by atoms with Gasteiger partial charge in [0.25, 0.3) is 0 Å². The summed E-state index contributed by atoms with van der Waals surface area (Å²) in [6.45, 7) is 8.12. The van der Waals surface area contributed by atoms with E-state index in [1.54, 1.807) is 13.1 Å². The summed E-state index contributed by atoms with van der Waals surface area (Å²) in [6, 6.07) is 12.3. The Labute approximate surface area is 167 Å². The molecule has 28 heavy (non-hydrogen) atoms. The first-order valence-electron chi connectivity index (χ1n) is 10.0. The van der Waals surface area contributed by atoms with Crippen molar-refractivity contribution in [1.29, 1.82) is 0 Å². The number of benzene rings is 1. The molecular weight excluding hydrogens is 350 g/mol.